The molecule has 0 atom stereocenters. The van der Waals surface area contributed by atoms with Gasteiger partial charge in [0.15, 0.2) is 0 Å². The molecule has 2 heterocycles. The zero-order valence-corrected chi connectivity index (χ0v) is 10.5. The van der Waals surface area contributed by atoms with Gasteiger partial charge in [-0.25, -0.2) is 4.98 Å². The monoisotopic (exact) mass is 251 g/mol. The molecule has 0 fully saturated rings. The minimum atomic E-state index is 0.550. The lowest BCUT2D eigenvalue weighted by Gasteiger charge is -2.09. The van der Waals surface area contributed by atoms with Crippen LogP contribution in [0.25, 0.3) is 10.8 Å². The van der Waals surface area contributed by atoms with Gasteiger partial charge < -0.3 is 10.5 Å². The van der Waals surface area contributed by atoms with E-state index in [4.69, 9.17) is 10.5 Å². The van der Waals surface area contributed by atoms with Crippen LogP contribution in [0, 0.1) is 6.92 Å². The van der Waals surface area contributed by atoms with Crippen molar-refractivity contribution < 1.29 is 4.74 Å². The maximum atomic E-state index is 5.82. The molecule has 2 aromatic heterocycles. The number of aromatic nitrogens is 2. The van der Waals surface area contributed by atoms with Gasteiger partial charge in [-0.3, -0.25) is 4.98 Å². The van der Waals surface area contributed by atoms with Gasteiger partial charge in [-0.05, 0) is 36.6 Å². The summed E-state index contributed by atoms with van der Waals surface area (Å²) in [5, 5.41) is 1.94. The molecule has 94 valence electrons. The molecule has 4 nitrogen and oxygen atoms in total. The number of hydrogen-bond acceptors (Lipinski definition) is 4. The Hall–Kier alpha value is -2.62. The highest BCUT2D eigenvalue weighted by Crippen LogP contribution is 2.28. The van der Waals surface area contributed by atoms with Crippen molar-refractivity contribution >= 4 is 16.5 Å². The number of nitrogen functional groups attached to an aromatic ring is 1. The highest BCUT2D eigenvalue weighted by atomic mass is 16.5. The fraction of sp³-hybridized carbons (Fsp3) is 0.0667. The SMILES string of the molecule is Cc1cc2ccncc2c(Oc2cccc(N)c2)n1. The molecule has 0 aliphatic rings. The predicted molar refractivity (Wildman–Crippen MR) is 75.2 cm³/mol. The minimum absolute atomic E-state index is 0.550. The molecular formula is C15H13N3O. The molecule has 0 saturated heterocycles. The number of nitrogens with two attached hydrogens (primary N) is 1. The van der Waals surface area contributed by atoms with Crippen molar-refractivity contribution in [2.75, 3.05) is 5.73 Å². The molecule has 3 rings (SSSR count). The van der Waals surface area contributed by atoms with Crippen LogP contribution in [-0.4, -0.2) is 9.97 Å². The van der Waals surface area contributed by atoms with E-state index >= 15 is 0 Å². The standard InChI is InChI=1S/C15H13N3O/c1-10-7-11-5-6-17-9-14(11)15(18-10)19-13-4-2-3-12(16)8-13/h2-9H,16H2,1H3. The summed E-state index contributed by atoms with van der Waals surface area (Å²) in [7, 11) is 0. The largest absolute Gasteiger partial charge is 0.438 e. The Kier molecular flexibility index (Phi) is 2.76. The van der Waals surface area contributed by atoms with Gasteiger partial charge in [0.25, 0.3) is 0 Å². The summed E-state index contributed by atoms with van der Waals surface area (Å²) in [5.41, 5.74) is 7.30. The fourth-order valence-corrected chi connectivity index (χ4v) is 1.95. The first-order valence-corrected chi connectivity index (χ1v) is 5.97. The van der Waals surface area contributed by atoms with E-state index < -0.39 is 0 Å². The van der Waals surface area contributed by atoms with E-state index in [0.29, 0.717) is 17.3 Å². The molecule has 0 spiro atoms. The second-order valence-corrected chi connectivity index (χ2v) is 4.34. The summed E-state index contributed by atoms with van der Waals surface area (Å²) in [6.45, 7) is 1.94. The third-order valence-corrected chi connectivity index (χ3v) is 2.80. The first-order chi connectivity index (χ1) is 9.22. The average Bonchev–Trinajstić information content (AvgIpc) is 2.38. The summed E-state index contributed by atoms with van der Waals surface area (Å²) < 4.78 is 5.82. The topological polar surface area (TPSA) is 61.0 Å². The van der Waals surface area contributed by atoms with Gasteiger partial charge in [0.05, 0.1) is 5.39 Å². The van der Waals surface area contributed by atoms with Gasteiger partial charge in [-0.2, -0.15) is 0 Å². The van der Waals surface area contributed by atoms with E-state index in [1.165, 1.54) is 0 Å². The minimum Gasteiger partial charge on any atom is -0.438 e. The van der Waals surface area contributed by atoms with E-state index in [9.17, 15) is 0 Å². The normalized spacial score (nSPS) is 10.6. The van der Waals surface area contributed by atoms with Crippen LogP contribution in [0.1, 0.15) is 5.69 Å². The molecule has 0 bridgehead atoms. The van der Waals surface area contributed by atoms with Crippen LogP contribution >= 0.6 is 0 Å². The second-order valence-electron chi connectivity index (χ2n) is 4.34. The van der Waals surface area contributed by atoms with Crippen molar-refractivity contribution in [3.05, 3.63) is 54.5 Å². The third-order valence-electron chi connectivity index (χ3n) is 2.80. The molecule has 0 aliphatic heterocycles. The highest BCUT2D eigenvalue weighted by molar-refractivity contribution is 5.86. The van der Waals surface area contributed by atoms with Crippen molar-refractivity contribution in [1.29, 1.82) is 0 Å². The molecule has 1 aromatic carbocycles. The van der Waals surface area contributed by atoms with Crippen molar-refractivity contribution in [1.82, 2.24) is 9.97 Å². The van der Waals surface area contributed by atoms with Crippen LogP contribution in [0.4, 0.5) is 5.69 Å². The number of pyridine rings is 2. The lowest BCUT2D eigenvalue weighted by atomic mass is 10.2. The molecule has 2 N–H and O–H groups in total. The van der Waals surface area contributed by atoms with Crippen LogP contribution in [0.5, 0.6) is 11.6 Å². The van der Waals surface area contributed by atoms with Crippen LogP contribution in [0.3, 0.4) is 0 Å². The molecule has 0 aliphatic carbocycles. The second kappa shape index (κ2) is 4.57. The summed E-state index contributed by atoms with van der Waals surface area (Å²) >= 11 is 0. The van der Waals surface area contributed by atoms with Crippen LogP contribution in [0.2, 0.25) is 0 Å². The first-order valence-electron chi connectivity index (χ1n) is 5.97. The van der Waals surface area contributed by atoms with Crippen LogP contribution < -0.4 is 10.5 Å². The maximum absolute atomic E-state index is 5.82. The van der Waals surface area contributed by atoms with Gasteiger partial charge in [0, 0.05) is 29.8 Å². The number of hydrogen-bond donors (Lipinski definition) is 1. The van der Waals surface area contributed by atoms with E-state index in [1.807, 2.05) is 37.3 Å². The number of ether oxygens (including phenoxy) is 1. The molecule has 19 heavy (non-hydrogen) atoms. The third kappa shape index (κ3) is 2.33. The van der Waals surface area contributed by atoms with Crippen LogP contribution in [-0.2, 0) is 0 Å². The van der Waals surface area contributed by atoms with Gasteiger partial charge >= 0.3 is 0 Å². The summed E-state index contributed by atoms with van der Waals surface area (Å²) in [4.78, 5) is 8.54. The summed E-state index contributed by atoms with van der Waals surface area (Å²) in [6, 6.07) is 11.2. The molecule has 0 saturated carbocycles. The van der Waals surface area contributed by atoms with E-state index in [1.54, 1.807) is 18.5 Å². The number of nitrogens with zero attached hydrogens (tertiary/aromatic N) is 2. The number of benzene rings is 1. The summed E-state index contributed by atoms with van der Waals surface area (Å²) in [6.07, 6.45) is 3.51. The van der Waals surface area contributed by atoms with Crippen molar-refractivity contribution in [2.24, 2.45) is 0 Å². The lowest BCUT2D eigenvalue weighted by molar-refractivity contribution is 0.468. The van der Waals surface area contributed by atoms with Gasteiger partial charge in [-0.15, -0.1) is 0 Å². The predicted octanol–water partition coefficient (Wildman–Crippen LogP) is 3.31. The molecule has 0 unspecified atom stereocenters. The number of rotatable bonds is 2. The Morgan fingerprint density at radius 1 is 1.16 bits per heavy atom. The Morgan fingerprint density at radius 3 is 2.89 bits per heavy atom. The quantitative estimate of drug-likeness (QED) is 0.710. The smallest absolute Gasteiger partial charge is 0.228 e. The Bertz CT molecular complexity index is 740. The molecule has 4 heteroatoms. The van der Waals surface area contributed by atoms with E-state index in [2.05, 4.69) is 9.97 Å². The highest BCUT2D eigenvalue weighted by Gasteiger charge is 2.07. The number of anilines is 1. The van der Waals surface area contributed by atoms with Crippen molar-refractivity contribution in [3.8, 4) is 11.6 Å². The molecule has 0 radical (unpaired) electrons. The lowest BCUT2D eigenvalue weighted by Crippen LogP contribution is -1.93. The molecule has 3 aromatic rings. The van der Waals surface area contributed by atoms with Crippen LogP contribution in [0.15, 0.2) is 48.8 Å². The zero-order chi connectivity index (χ0) is 13.2. The average molecular weight is 251 g/mol. The number of aryl methyl sites for hydroxylation is 1. The Balaban J connectivity index is 2.09. The number of fused-ring (bicyclic) bond motifs is 1. The van der Waals surface area contributed by atoms with E-state index in [-0.39, 0.29) is 0 Å². The fourth-order valence-electron chi connectivity index (χ4n) is 1.95. The van der Waals surface area contributed by atoms with Gasteiger partial charge in [0.1, 0.15) is 5.75 Å². The Labute approximate surface area is 110 Å². The Morgan fingerprint density at radius 2 is 2.05 bits per heavy atom. The van der Waals surface area contributed by atoms with Gasteiger partial charge in [-0.1, -0.05) is 6.07 Å². The van der Waals surface area contributed by atoms with Crippen molar-refractivity contribution in [3.63, 3.8) is 0 Å². The molecule has 0 amide bonds. The summed E-state index contributed by atoms with van der Waals surface area (Å²) in [5.74, 6) is 1.22. The van der Waals surface area contributed by atoms with Gasteiger partial charge in [0.2, 0.25) is 5.88 Å². The maximum Gasteiger partial charge on any atom is 0.228 e. The van der Waals surface area contributed by atoms with Crippen molar-refractivity contribution in [2.45, 2.75) is 6.92 Å². The van der Waals surface area contributed by atoms with E-state index in [0.717, 1.165) is 16.5 Å². The first kappa shape index (κ1) is 11.5. The zero-order valence-electron chi connectivity index (χ0n) is 10.5. The molecular weight excluding hydrogens is 238 g/mol.